The van der Waals surface area contributed by atoms with Crippen LogP contribution in [0.3, 0.4) is 0 Å². The molecule has 7 heteroatoms. The number of hydrogen-bond donors (Lipinski definition) is 1. The lowest BCUT2D eigenvalue weighted by Gasteiger charge is -2.09. The Labute approximate surface area is 132 Å². The maximum atomic E-state index is 12.8. The number of oxazole rings is 1. The largest absolute Gasteiger partial charge is 0.484 e. The highest BCUT2D eigenvalue weighted by Gasteiger charge is 2.18. The van der Waals surface area contributed by atoms with Crippen LogP contribution in [0.4, 0.5) is 10.3 Å². The molecule has 3 rings (SSSR count). The van der Waals surface area contributed by atoms with Crippen LogP contribution >= 0.6 is 0 Å². The smallest absolute Gasteiger partial charge is 0.236 e. The summed E-state index contributed by atoms with van der Waals surface area (Å²) in [5.41, 5.74) is 0.181. The second-order valence-electron chi connectivity index (χ2n) is 5.16. The van der Waals surface area contributed by atoms with Gasteiger partial charge < -0.3 is 19.2 Å². The SMILES string of the molecule is N#Cc1nc(COc2ccc(F)cc2)oc1NC[C@@H]1CCCO1. The zero-order valence-corrected chi connectivity index (χ0v) is 12.4. The highest BCUT2D eigenvalue weighted by Crippen LogP contribution is 2.20. The molecule has 23 heavy (non-hydrogen) atoms. The van der Waals surface area contributed by atoms with Crippen molar-refractivity contribution in [2.75, 3.05) is 18.5 Å². The molecular weight excluding hydrogens is 301 g/mol. The predicted octanol–water partition coefficient (Wildman–Crippen LogP) is 2.86. The Morgan fingerprint density at radius 3 is 2.91 bits per heavy atom. The van der Waals surface area contributed by atoms with E-state index in [1.165, 1.54) is 24.3 Å². The van der Waals surface area contributed by atoms with Crippen molar-refractivity contribution in [2.24, 2.45) is 0 Å². The number of aromatic nitrogens is 1. The lowest BCUT2D eigenvalue weighted by Crippen LogP contribution is -2.18. The third-order valence-corrected chi connectivity index (χ3v) is 3.47. The van der Waals surface area contributed by atoms with Gasteiger partial charge in [0.1, 0.15) is 17.6 Å². The topological polar surface area (TPSA) is 80.3 Å². The first-order valence-corrected chi connectivity index (χ1v) is 7.38. The van der Waals surface area contributed by atoms with E-state index in [9.17, 15) is 4.39 Å². The molecule has 0 unspecified atom stereocenters. The van der Waals surface area contributed by atoms with Crippen molar-refractivity contribution in [3.8, 4) is 11.8 Å². The van der Waals surface area contributed by atoms with Crippen LogP contribution < -0.4 is 10.1 Å². The lowest BCUT2D eigenvalue weighted by molar-refractivity contribution is 0.120. The quantitative estimate of drug-likeness (QED) is 0.882. The monoisotopic (exact) mass is 317 g/mol. The fourth-order valence-electron chi connectivity index (χ4n) is 2.31. The molecular formula is C16H16FN3O3. The number of ether oxygens (including phenoxy) is 2. The van der Waals surface area contributed by atoms with E-state index in [-0.39, 0.29) is 30.1 Å². The summed E-state index contributed by atoms with van der Waals surface area (Å²) in [5.74, 6) is 0.763. The van der Waals surface area contributed by atoms with Crippen molar-refractivity contribution < 1.29 is 18.3 Å². The molecule has 1 atom stereocenters. The summed E-state index contributed by atoms with van der Waals surface area (Å²) in [4.78, 5) is 4.08. The van der Waals surface area contributed by atoms with Gasteiger partial charge >= 0.3 is 0 Å². The Hall–Kier alpha value is -2.59. The molecule has 0 saturated carbocycles. The van der Waals surface area contributed by atoms with Crippen LogP contribution in [-0.2, 0) is 11.3 Å². The molecule has 0 aliphatic carbocycles. The van der Waals surface area contributed by atoms with Gasteiger partial charge in [0.2, 0.25) is 17.5 Å². The minimum atomic E-state index is -0.333. The zero-order valence-electron chi connectivity index (χ0n) is 12.4. The van der Waals surface area contributed by atoms with Gasteiger partial charge in [0.15, 0.2) is 6.61 Å². The molecule has 1 aromatic carbocycles. The highest BCUT2D eigenvalue weighted by atomic mass is 19.1. The van der Waals surface area contributed by atoms with Gasteiger partial charge in [-0.2, -0.15) is 10.2 Å². The molecule has 1 aromatic heterocycles. The molecule has 0 spiro atoms. The average Bonchev–Trinajstić information content (AvgIpc) is 3.21. The summed E-state index contributed by atoms with van der Waals surface area (Å²) in [7, 11) is 0. The van der Waals surface area contributed by atoms with Crippen LogP contribution in [0, 0.1) is 17.1 Å². The number of nitrogens with one attached hydrogen (secondary N) is 1. The van der Waals surface area contributed by atoms with E-state index in [1.54, 1.807) is 0 Å². The van der Waals surface area contributed by atoms with Crippen molar-refractivity contribution in [3.05, 3.63) is 41.7 Å². The van der Waals surface area contributed by atoms with Gasteiger partial charge in [-0.05, 0) is 37.1 Å². The van der Waals surface area contributed by atoms with Crippen molar-refractivity contribution in [1.82, 2.24) is 4.98 Å². The maximum absolute atomic E-state index is 12.8. The van der Waals surface area contributed by atoms with Gasteiger partial charge in [-0.3, -0.25) is 0 Å². The molecule has 0 amide bonds. The maximum Gasteiger partial charge on any atom is 0.236 e. The molecule has 1 aliphatic rings. The van der Waals surface area contributed by atoms with Crippen LogP contribution in [0.2, 0.25) is 0 Å². The Kier molecular flexibility index (Phi) is 4.74. The zero-order chi connectivity index (χ0) is 16.1. The third-order valence-electron chi connectivity index (χ3n) is 3.47. The van der Waals surface area contributed by atoms with Crippen LogP contribution in [0.5, 0.6) is 5.75 Å². The number of rotatable bonds is 6. The highest BCUT2D eigenvalue weighted by molar-refractivity contribution is 5.45. The molecule has 0 radical (unpaired) electrons. The van der Waals surface area contributed by atoms with Crippen LogP contribution in [0.25, 0.3) is 0 Å². The first kappa shape index (κ1) is 15.3. The summed E-state index contributed by atoms with van der Waals surface area (Å²) in [6.07, 6.45) is 2.17. The molecule has 120 valence electrons. The van der Waals surface area contributed by atoms with E-state index in [0.29, 0.717) is 18.2 Å². The fraction of sp³-hybridized carbons (Fsp3) is 0.375. The minimum absolute atomic E-state index is 0.0575. The van der Waals surface area contributed by atoms with Gasteiger partial charge in [-0.25, -0.2) is 4.39 Å². The second kappa shape index (κ2) is 7.11. The normalized spacial score (nSPS) is 17.0. The first-order chi connectivity index (χ1) is 11.2. The van der Waals surface area contributed by atoms with E-state index in [0.717, 1.165) is 19.4 Å². The third kappa shape index (κ3) is 3.99. The molecule has 6 nitrogen and oxygen atoms in total. The van der Waals surface area contributed by atoms with Crippen LogP contribution in [0.1, 0.15) is 24.4 Å². The summed E-state index contributed by atoms with van der Waals surface area (Å²) in [6, 6.07) is 7.62. The Morgan fingerprint density at radius 1 is 1.39 bits per heavy atom. The van der Waals surface area contributed by atoms with Crippen molar-refractivity contribution >= 4 is 5.88 Å². The van der Waals surface area contributed by atoms with Crippen LogP contribution in [-0.4, -0.2) is 24.2 Å². The fourth-order valence-corrected chi connectivity index (χ4v) is 2.31. The minimum Gasteiger partial charge on any atom is -0.484 e. The van der Waals surface area contributed by atoms with E-state index in [2.05, 4.69) is 10.3 Å². The van der Waals surface area contributed by atoms with Crippen molar-refractivity contribution in [3.63, 3.8) is 0 Å². The van der Waals surface area contributed by atoms with Crippen molar-refractivity contribution in [2.45, 2.75) is 25.6 Å². The van der Waals surface area contributed by atoms with E-state index in [4.69, 9.17) is 19.2 Å². The summed E-state index contributed by atoms with van der Waals surface area (Å²) in [6.45, 7) is 1.40. The molecule has 2 aromatic rings. The standard InChI is InChI=1S/C16H16FN3O3/c17-11-3-5-12(6-4-11)22-10-15-20-14(8-18)16(23-15)19-9-13-2-1-7-21-13/h3-6,13,19H,1-2,7,9-10H2/t13-/m0/s1. The molecule has 0 bridgehead atoms. The van der Waals surface area contributed by atoms with Crippen molar-refractivity contribution in [1.29, 1.82) is 5.26 Å². The molecule has 1 fully saturated rings. The average molecular weight is 317 g/mol. The van der Waals surface area contributed by atoms with Gasteiger partial charge in [-0.1, -0.05) is 0 Å². The Balaban J connectivity index is 1.59. The first-order valence-electron chi connectivity index (χ1n) is 7.38. The van der Waals surface area contributed by atoms with E-state index < -0.39 is 0 Å². The number of anilines is 1. The van der Waals surface area contributed by atoms with Gasteiger partial charge in [0, 0.05) is 13.2 Å². The number of hydrogen-bond acceptors (Lipinski definition) is 6. The second-order valence-corrected chi connectivity index (χ2v) is 5.16. The van der Waals surface area contributed by atoms with Gasteiger partial charge in [0.05, 0.1) is 6.10 Å². The number of nitrogens with zero attached hydrogens (tertiary/aromatic N) is 2. The van der Waals surface area contributed by atoms with Crippen LogP contribution in [0.15, 0.2) is 28.7 Å². The molecule has 1 aliphatic heterocycles. The van der Waals surface area contributed by atoms with E-state index >= 15 is 0 Å². The number of benzene rings is 1. The lowest BCUT2D eigenvalue weighted by atomic mass is 10.2. The molecule has 1 N–H and O–H groups in total. The summed E-state index contributed by atoms with van der Waals surface area (Å²) in [5, 5.41) is 12.2. The molecule has 2 heterocycles. The number of nitriles is 1. The summed E-state index contributed by atoms with van der Waals surface area (Å²) < 4.78 is 29.3. The Bertz CT molecular complexity index is 688. The van der Waals surface area contributed by atoms with E-state index in [1.807, 2.05) is 6.07 Å². The van der Waals surface area contributed by atoms with Gasteiger partial charge in [0.25, 0.3) is 0 Å². The Morgan fingerprint density at radius 2 is 2.22 bits per heavy atom. The van der Waals surface area contributed by atoms with Gasteiger partial charge in [-0.15, -0.1) is 0 Å². The summed E-state index contributed by atoms with van der Waals surface area (Å²) >= 11 is 0. The molecule has 1 saturated heterocycles. The predicted molar refractivity (Wildman–Crippen MR) is 79.4 cm³/mol. The number of halogens is 1.